The Morgan fingerprint density at radius 1 is 1.22 bits per heavy atom. The van der Waals surface area contributed by atoms with E-state index in [0.29, 0.717) is 25.9 Å². The average molecular weight is 351 g/mol. The largest absolute Gasteiger partial charge is 0.471 e. The summed E-state index contributed by atoms with van der Waals surface area (Å²) in [5, 5.41) is 0.0703. The molecule has 1 heterocycles. The van der Waals surface area contributed by atoms with E-state index in [1.807, 2.05) is 0 Å². The van der Waals surface area contributed by atoms with Gasteiger partial charge in [0.15, 0.2) is 8.32 Å². The quantitative estimate of drug-likeness (QED) is 0.708. The van der Waals surface area contributed by atoms with E-state index in [4.69, 9.17) is 4.43 Å². The van der Waals surface area contributed by atoms with Gasteiger partial charge in [-0.1, -0.05) is 20.8 Å². The number of carbonyl (C=O) groups excluding carboxylic acids is 1. The smallest absolute Gasteiger partial charge is 0.416 e. The molecule has 1 saturated carbocycles. The molecule has 7 heteroatoms. The van der Waals surface area contributed by atoms with Crippen LogP contribution in [0.5, 0.6) is 0 Å². The Kier molecular flexibility index (Phi) is 4.70. The number of likely N-dealkylation sites (tertiary alicyclic amines) is 1. The maximum Gasteiger partial charge on any atom is 0.471 e. The molecule has 0 aromatic rings. The summed E-state index contributed by atoms with van der Waals surface area (Å²) >= 11 is 0. The van der Waals surface area contributed by atoms with Gasteiger partial charge in [0, 0.05) is 18.7 Å². The fraction of sp³-hybridized carbons (Fsp3) is 0.938. The molecule has 0 aromatic heterocycles. The van der Waals surface area contributed by atoms with E-state index in [-0.39, 0.29) is 17.5 Å². The number of piperidine rings is 1. The van der Waals surface area contributed by atoms with Crippen molar-refractivity contribution < 1.29 is 22.4 Å². The highest BCUT2D eigenvalue weighted by atomic mass is 28.4. The number of halogens is 3. The van der Waals surface area contributed by atoms with Gasteiger partial charge in [-0.05, 0) is 49.7 Å². The summed E-state index contributed by atoms with van der Waals surface area (Å²) in [5.74, 6) is -1.67. The molecular formula is C16H28F3NO2Si. The van der Waals surface area contributed by atoms with Crippen LogP contribution in [-0.2, 0) is 9.22 Å². The summed E-state index contributed by atoms with van der Waals surface area (Å²) in [6.45, 7) is 11.3. The number of nitrogens with zero attached hydrogens (tertiary/aromatic N) is 1. The van der Waals surface area contributed by atoms with Crippen molar-refractivity contribution in [2.75, 3.05) is 13.2 Å². The number of alkyl halides is 3. The van der Waals surface area contributed by atoms with Crippen molar-refractivity contribution in [3.8, 4) is 0 Å². The lowest BCUT2D eigenvalue weighted by atomic mass is 9.91. The van der Waals surface area contributed by atoms with Crippen LogP contribution in [0.25, 0.3) is 0 Å². The molecule has 2 aliphatic rings. The summed E-state index contributed by atoms with van der Waals surface area (Å²) in [4.78, 5) is 12.8. The van der Waals surface area contributed by atoms with Gasteiger partial charge in [-0.2, -0.15) is 13.2 Å². The Bertz CT molecular complexity index is 467. The van der Waals surface area contributed by atoms with Crippen LogP contribution in [0, 0.1) is 5.92 Å². The summed E-state index contributed by atoms with van der Waals surface area (Å²) in [5.41, 5.74) is -0.514. The van der Waals surface area contributed by atoms with E-state index >= 15 is 0 Å². The Balaban J connectivity index is 2.00. The minimum Gasteiger partial charge on any atom is -0.416 e. The third-order valence-corrected chi connectivity index (χ3v) is 10.3. The summed E-state index contributed by atoms with van der Waals surface area (Å²) in [6.07, 6.45) is -1.87. The maximum absolute atomic E-state index is 12.8. The highest BCUT2D eigenvalue weighted by Gasteiger charge is 2.57. The minimum atomic E-state index is -4.78. The van der Waals surface area contributed by atoms with Crippen molar-refractivity contribution in [2.24, 2.45) is 5.92 Å². The van der Waals surface area contributed by atoms with Crippen molar-refractivity contribution in [3.63, 3.8) is 0 Å². The van der Waals surface area contributed by atoms with Crippen molar-refractivity contribution in [1.29, 1.82) is 0 Å². The SMILES string of the molecule is CC(C)(C)[Si](C)(C)OCC1CCC2(CC2)N(C(=O)C(F)(F)F)C1. The van der Waals surface area contributed by atoms with Crippen LogP contribution < -0.4 is 0 Å². The number of carbonyl (C=O) groups is 1. The second kappa shape index (κ2) is 5.76. The van der Waals surface area contributed by atoms with Gasteiger partial charge >= 0.3 is 12.1 Å². The Morgan fingerprint density at radius 2 is 1.78 bits per heavy atom. The Labute approximate surface area is 137 Å². The topological polar surface area (TPSA) is 29.5 Å². The summed E-state index contributed by atoms with van der Waals surface area (Å²) in [7, 11) is -1.92. The Hall–Kier alpha value is -0.563. The first kappa shape index (κ1) is 18.8. The fourth-order valence-electron chi connectivity index (χ4n) is 2.95. The number of hydrogen-bond acceptors (Lipinski definition) is 2. The molecule has 0 radical (unpaired) electrons. The van der Waals surface area contributed by atoms with E-state index in [2.05, 4.69) is 33.9 Å². The lowest BCUT2D eigenvalue weighted by Gasteiger charge is -2.42. The van der Waals surface area contributed by atoms with Crippen molar-refractivity contribution in [2.45, 2.75) is 76.3 Å². The van der Waals surface area contributed by atoms with Gasteiger partial charge in [-0.3, -0.25) is 4.79 Å². The van der Waals surface area contributed by atoms with Crippen molar-refractivity contribution in [1.82, 2.24) is 4.90 Å². The van der Waals surface area contributed by atoms with E-state index in [1.54, 1.807) is 0 Å². The van der Waals surface area contributed by atoms with Crippen LogP contribution in [0.3, 0.4) is 0 Å². The molecule has 1 aliphatic heterocycles. The first-order valence-electron chi connectivity index (χ1n) is 8.31. The van der Waals surface area contributed by atoms with Crippen LogP contribution in [0.4, 0.5) is 13.2 Å². The second-order valence-electron chi connectivity index (χ2n) is 8.61. The first-order chi connectivity index (χ1) is 10.3. The lowest BCUT2D eigenvalue weighted by Crippen LogP contribution is -2.54. The molecule has 134 valence electrons. The molecule has 0 N–H and O–H groups in total. The normalized spacial score (nSPS) is 24.9. The zero-order chi connectivity index (χ0) is 17.7. The highest BCUT2D eigenvalue weighted by Crippen LogP contribution is 2.50. The molecule has 1 unspecified atom stereocenters. The van der Waals surface area contributed by atoms with Crippen LogP contribution >= 0.6 is 0 Å². The lowest BCUT2D eigenvalue weighted by molar-refractivity contribution is -0.191. The third kappa shape index (κ3) is 3.92. The van der Waals surface area contributed by atoms with E-state index in [0.717, 1.165) is 11.3 Å². The molecule has 1 atom stereocenters. The molecule has 1 aliphatic carbocycles. The van der Waals surface area contributed by atoms with Gasteiger partial charge < -0.3 is 9.33 Å². The van der Waals surface area contributed by atoms with Gasteiger partial charge in [-0.25, -0.2) is 0 Å². The van der Waals surface area contributed by atoms with Crippen LogP contribution in [-0.4, -0.2) is 44.0 Å². The van der Waals surface area contributed by atoms with Gasteiger partial charge in [0.2, 0.25) is 0 Å². The zero-order valence-corrected chi connectivity index (χ0v) is 15.7. The predicted molar refractivity (Wildman–Crippen MR) is 85.6 cm³/mol. The van der Waals surface area contributed by atoms with E-state index in [9.17, 15) is 18.0 Å². The van der Waals surface area contributed by atoms with Gasteiger partial charge in [0.25, 0.3) is 0 Å². The third-order valence-electron chi connectivity index (χ3n) is 5.83. The van der Waals surface area contributed by atoms with Crippen molar-refractivity contribution >= 4 is 14.2 Å². The van der Waals surface area contributed by atoms with E-state index < -0.39 is 25.9 Å². The molecule has 1 amide bonds. The molecule has 2 fully saturated rings. The monoisotopic (exact) mass is 351 g/mol. The summed E-state index contributed by atoms with van der Waals surface area (Å²) < 4.78 is 44.7. The van der Waals surface area contributed by atoms with Gasteiger partial charge in [0.1, 0.15) is 0 Å². The molecule has 1 saturated heterocycles. The highest BCUT2D eigenvalue weighted by molar-refractivity contribution is 6.74. The number of rotatable bonds is 3. The average Bonchev–Trinajstić information content (AvgIpc) is 3.15. The van der Waals surface area contributed by atoms with Gasteiger partial charge in [0.05, 0.1) is 0 Å². The fourth-order valence-corrected chi connectivity index (χ4v) is 4.03. The molecule has 3 nitrogen and oxygen atoms in total. The molecule has 0 aromatic carbocycles. The zero-order valence-electron chi connectivity index (χ0n) is 14.7. The Morgan fingerprint density at radius 3 is 2.22 bits per heavy atom. The standard InChI is InChI=1S/C16H28F3NO2Si/c1-14(2,3)23(4,5)22-11-12-6-7-15(8-9-15)20(10-12)13(21)16(17,18)19/h12H,6-11H2,1-5H3. The summed E-state index contributed by atoms with van der Waals surface area (Å²) in [6, 6.07) is 0. The molecule has 2 rings (SSSR count). The molecule has 23 heavy (non-hydrogen) atoms. The van der Waals surface area contributed by atoms with Gasteiger partial charge in [-0.15, -0.1) is 0 Å². The molecule has 1 spiro atoms. The molecular weight excluding hydrogens is 323 g/mol. The van der Waals surface area contributed by atoms with Crippen LogP contribution in [0.15, 0.2) is 0 Å². The van der Waals surface area contributed by atoms with Crippen molar-refractivity contribution in [3.05, 3.63) is 0 Å². The molecule has 0 bridgehead atoms. The first-order valence-corrected chi connectivity index (χ1v) is 11.2. The van der Waals surface area contributed by atoms with E-state index in [1.165, 1.54) is 0 Å². The maximum atomic E-state index is 12.8. The van der Waals surface area contributed by atoms with Crippen LogP contribution in [0.1, 0.15) is 46.5 Å². The second-order valence-corrected chi connectivity index (χ2v) is 13.4. The van der Waals surface area contributed by atoms with Crippen LogP contribution in [0.2, 0.25) is 18.1 Å². The predicted octanol–water partition coefficient (Wildman–Crippen LogP) is 4.34. The minimum absolute atomic E-state index is 0.00153. The number of hydrogen-bond donors (Lipinski definition) is 0. The number of amides is 1.